The van der Waals surface area contributed by atoms with E-state index in [1.165, 1.54) is 6.33 Å². The van der Waals surface area contributed by atoms with E-state index in [2.05, 4.69) is 25.6 Å². The van der Waals surface area contributed by atoms with Gasteiger partial charge in [0, 0.05) is 11.2 Å². The number of nitrogens with zero attached hydrogens (tertiary/aromatic N) is 3. The van der Waals surface area contributed by atoms with Crippen LogP contribution in [0.2, 0.25) is 10.0 Å². The van der Waals surface area contributed by atoms with Crippen molar-refractivity contribution in [2.75, 3.05) is 16.4 Å². The van der Waals surface area contributed by atoms with Crippen molar-refractivity contribution in [3.8, 4) is 0 Å². The molecule has 0 radical (unpaired) electrons. The minimum absolute atomic E-state index is 0.354. The molecule has 0 amide bonds. The van der Waals surface area contributed by atoms with E-state index in [0.29, 0.717) is 33.1 Å². The van der Waals surface area contributed by atoms with Crippen molar-refractivity contribution in [3.05, 3.63) is 59.1 Å². The average Bonchev–Trinajstić information content (AvgIpc) is 2.55. The lowest BCUT2D eigenvalue weighted by Crippen LogP contribution is -2.05. The van der Waals surface area contributed by atoms with Crippen molar-refractivity contribution in [1.29, 1.82) is 0 Å². The van der Waals surface area contributed by atoms with Crippen LogP contribution in [-0.2, 0) is 0 Å². The molecule has 0 spiro atoms. The quantitative estimate of drug-likeness (QED) is 0.654. The molecule has 0 atom stereocenters. The van der Waals surface area contributed by atoms with Gasteiger partial charge in [0.2, 0.25) is 0 Å². The number of rotatable bonds is 4. The molecule has 4 N–H and O–H groups in total. The van der Waals surface area contributed by atoms with Crippen molar-refractivity contribution in [2.45, 2.75) is 0 Å². The van der Waals surface area contributed by atoms with Crippen molar-refractivity contribution in [3.63, 3.8) is 0 Å². The third kappa shape index (κ3) is 3.61. The van der Waals surface area contributed by atoms with Crippen molar-refractivity contribution in [1.82, 2.24) is 15.0 Å². The number of nitrogen functional groups attached to an aromatic ring is 1. The SMILES string of the molecule is Nc1c(Nc2cccnc2)ncnc1Nc1cc(Cl)ccc1Cl. The Morgan fingerprint density at radius 1 is 1.00 bits per heavy atom. The van der Waals surface area contributed by atoms with Crippen LogP contribution in [0, 0.1) is 0 Å². The Morgan fingerprint density at radius 3 is 2.52 bits per heavy atom. The number of halogens is 2. The van der Waals surface area contributed by atoms with Gasteiger partial charge in [0.15, 0.2) is 11.6 Å². The number of nitrogens with two attached hydrogens (primary N) is 1. The van der Waals surface area contributed by atoms with Crippen LogP contribution in [0.4, 0.5) is 28.7 Å². The number of hydrogen-bond acceptors (Lipinski definition) is 6. The molecular formula is C15H12Cl2N6. The number of anilines is 5. The smallest absolute Gasteiger partial charge is 0.159 e. The van der Waals surface area contributed by atoms with E-state index in [4.69, 9.17) is 28.9 Å². The summed E-state index contributed by atoms with van der Waals surface area (Å²) in [5.41, 5.74) is 7.85. The summed E-state index contributed by atoms with van der Waals surface area (Å²) in [4.78, 5) is 12.3. The number of aromatic nitrogens is 3. The number of benzene rings is 1. The summed E-state index contributed by atoms with van der Waals surface area (Å²) < 4.78 is 0. The fraction of sp³-hybridized carbons (Fsp3) is 0. The van der Waals surface area contributed by atoms with Crippen molar-refractivity contribution in [2.24, 2.45) is 0 Å². The summed E-state index contributed by atoms with van der Waals surface area (Å²) in [7, 11) is 0. The van der Waals surface area contributed by atoms with Gasteiger partial charge in [-0.2, -0.15) is 0 Å². The average molecular weight is 347 g/mol. The van der Waals surface area contributed by atoms with Gasteiger partial charge in [-0.15, -0.1) is 0 Å². The molecule has 0 fully saturated rings. The van der Waals surface area contributed by atoms with Gasteiger partial charge in [0.1, 0.15) is 12.0 Å². The largest absolute Gasteiger partial charge is 0.393 e. The first-order valence-corrected chi connectivity index (χ1v) is 7.38. The van der Waals surface area contributed by atoms with Gasteiger partial charge >= 0.3 is 0 Å². The normalized spacial score (nSPS) is 10.3. The highest BCUT2D eigenvalue weighted by atomic mass is 35.5. The molecule has 0 aliphatic heterocycles. The zero-order chi connectivity index (χ0) is 16.2. The minimum Gasteiger partial charge on any atom is -0.393 e. The molecule has 0 aliphatic carbocycles. The third-order valence-electron chi connectivity index (χ3n) is 2.99. The van der Waals surface area contributed by atoms with E-state index in [1.807, 2.05) is 12.1 Å². The van der Waals surface area contributed by atoms with Gasteiger partial charge in [-0.25, -0.2) is 9.97 Å². The van der Waals surface area contributed by atoms with Crippen molar-refractivity contribution >= 4 is 51.9 Å². The maximum Gasteiger partial charge on any atom is 0.159 e. The summed E-state index contributed by atoms with van der Waals surface area (Å²) in [6, 6.07) is 8.76. The van der Waals surface area contributed by atoms with E-state index in [-0.39, 0.29) is 0 Å². The predicted molar refractivity (Wildman–Crippen MR) is 93.7 cm³/mol. The second-order valence-corrected chi connectivity index (χ2v) is 5.44. The Kier molecular flexibility index (Phi) is 4.45. The molecule has 0 saturated carbocycles. The summed E-state index contributed by atoms with van der Waals surface area (Å²) in [6.45, 7) is 0. The minimum atomic E-state index is 0.354. The molecule has 0 bridgehead atoms. The molecule has 0 unspecified atom stereocenters. The van der Waals surface area contributed by atoms with Crippen LogP contribution in [0.25, 0.3) is 0 Å². The highest BCUT2D eigenvalue weighted by molar-refractivity contribution is 6.35. The van der Waals surface area contributed by atoms with E-state index in [0.717, 1.165) is 5.69 Å². The summed E-state index contributed by atoms with van der Waals surface area (Å²) in [5, 5.41) is 7.21. The monoisotopic (exact) mass is 346 g/mol. The Labute approximate surface area is 142 Å². The van der Waals surface area contributed by atoms with E-state index in [1.54, 1.807) is 30.6 Å². The molecule has 0 aliphatic rings. The first-order valence-electron chi connectivity index (χ1n) is 6.63. The van der Waals surface area contributed by atoms with E-state index >= 15 is 0 Å². The molecule has 6 nitrogen and oxygen atoms in total. The highest BCUT2D eigenvalue weighted by Gasteiger charge is 2.10. The lowest BCUT2D eigenvalue weighted by atomic mass is 10.3. The second-order valence-electron chi connectivity index (χ2n) is 4.60. The molecule has 8 heteroatoms. The molecule has 23 heavy (non-hydrogen) atoms. The van der Waals surface area contributed by atoms with Crippen molar-refractivity contribution < 1.29 is 0 Å². The Morgan fingerprint density at radius 2 is 1.78 bits per heavy atom. The zero-order valence-electron chi connectivity index (χ0n) is 11.8. The number of hydrogen-bond donors (Lipinski definition) is 3. The Hall–Kier alpha value is -2.57. The second kappa shape index (κ2) is 6.68. The maximum atomic E-state index is 6.14. The molecule has 2 heterocycles. The predicted octanol–water partition coefficient (Wildman–Crippen LogP) is 4.25. The molecule has 116 valence electrons. The molecule has 1 aromatic carbocycles. The first kappa shape index (κ1) is 15.3. The van der Waals surface area contributed by atoms with Crippen LogP contribution in [-0.4, -0.2) is 15.0 Å². The molecule has 3 rings (SSSR count). The lowest BCUT2D eigenvalue weighted by molar-refractivity contribution is 1.17. The fourth-order valence-electron chi connectivity index (χ4n) is 1.89. The van der Waals surface area contributed by atoms with Crippen LogP contribution in [0.3, 0.4) is 0 Å². The molecule has 3 aromatic rings. The molecular weight excluding hydrogens is 335 g/mol. The van der Waals surface area contributed by atoms with Gasteiger partial charge in [-0.05, 0) is 30.3 Å². The van der Waals surface area contributed by atoms with Gasteiger partial charge in [-0.3, -0.25) is 4.98 Å². The van der Waals surface area contributed by atoms with Crippen LogP contribution in [0.15, 0.2) is 49.1 Å². The van der Waals surface area contributed by atoms with E-state index < -0.39 is 0 Å². The number of pyridine rings is 1. The summed E-state index contributed by atoms with van der Waals surface area (Å²) >= 11 is 12.1. The van der Waals surface area contributed by atoms with E-state index in [9.17, 15) is 0 Å². The first-order chi connectivity index (χ1) is 11.1. The topological polar surface area (TPSA) is 88.8 Å². The molecule has 0 saturated heterocycles. The third-order valence-corrected chi connectivity index (χ3v) is 3.55. The van der Waals surface area contributed by atoms with Gasteiger partial charge in [0.25, 0.3) is 0 Å². The Balaban J connectivity index is 1.89. The highest BCUT2D eigenvalue weighted by Crippen LogP contribution is 2.32. The number of nitrogens with one attached hydrogen (secondary N) is 2. The van der Waals surface area contributed by atoms with Crippen LogP contribution in [0.1, 0.15) is 0 Å². The van der Waals surface area contributed by atoms with Gasteiger partial charge < -0.3 is 16.4 Å². The van der Waals surface area contributed by atoms with Gasteiger partial charge in [0.05, 0.1) is 22.6 Å². The van der Waals surface area contributed by atoms with Gasteiger partial charge in [-0.1, -0.05) is 23.2 Å². The zero-order valence-corrected chi connectivity index (χ0v) is 13.3. The molecule has 2 aromatic heterocycles. The standard InChI is InChI=1S/C15H12Cl2N6/c16-9-3-4-11(17)12(6-9)23-15-13(18)14(20-8-21-15)22-10-2-1-5-19-7-10/h1-8H,18H2,(H2,20,21,22,23). The Bertz CT molecular complexity index is 825. The summed E-state index contributed by atoms with van der Waals surface area (Å²) in [5.74, 6) is 0.893. The fourth-order valence-corrected chi connectivity index (χ4v) is 2.23. The van der Waals surface area contributed by atoms with Crippen LogP contribution < -0.4 is 16.4 Å². The van der Waals surface area contributed by atoms with Crippen LogP contribution in [0.5, 0.6) is 0 Å². The maximum absolute atomic E-state index is 6.14. The van der Waals surface area contributed by atoms with Crippen LogP contribution >= 0.6 is 23.2 Å². The summed E-state index contributed by atoms with van der Waals surface area (Å²) in [6.07, 6.45) is 4.75. The lowest BCUT2D eigenvalue weighted by Gasteiger charge is -2.13.